The van der Waals surface area contributed by atoms with Crippen molar-refractivity contribution in [3.63, 3.8) is 0 Å². The number of amides is 2. The quantitative estimate of drug-likeness (QED) is 0.517. The van der Waals surface area contributed by atoms with Crippen LogP contribution in [-0.4, -0.2) is 70.4 Å². The SMILES string of the molecule is Cc1cc(C)n(CC(=O)N2CCN(c3ccccc3C(=O)Nc3ccnc(OCC(F)(F)F)c3)CC2)n1. The lowest BCUT2D eigenvalue weighted by atomic mass is 10.1. The number of ether oxygens (including phenoxy) is 1. The van der Waals surface area contributed by atoms with Crippen LogP contribution in [-0.2, 0) is 11.3 Å². The van der Waals surface area contributed by atoms with Crippen molar-refractivity contribution in [1.82, 2.24) is 19.7 Å². The van der Waals surface area contributed by atoms with E-state index in [0.29, 0.717) is 37.4 Å². The molecule has 12 heteroatoms. The fourth-order valence-electron chi connectivity index (χ4n) is 4.12. The second kappa shape index (κ2) is 10.9. The van der Waals surface area contributed by atoms with Gasteiger partial charge in [-0.05, 0) is 38.1 Å². The van der Waals surface area contributed by atoms with E-state index in [1.54, 1.807) is 21.7 Å². The number of carbonyl (C=O) groups excluding carboxylic acids is 2. The van der Waals surface area contributed by atoms with Crippen LogP contribution >= 0.6 is 0 Å². The third kappa shape index (κ3) is 6.78. The molecule has 0 unspecified atom stereocenters. The van der Waals surface area contributed by atoms with Crippen LogP contribution in [0.4, 0.5) is 24.5 Å². The van der Waals surface area contributed by atoms with E-state index >= 15 is 0 Å². The van der Waals surface area contributed by atoms with Crippen LogP contribution in [0.3, 0.4) is 0 Å². The van der Waals surface area contributed by atoms with Crippen molar-refractivity contribution in [3.8, 4) is 5.88 Å². The number of alkyl halides is 3. The minimum absolute atomic E-state index is 0.0156. The summed E-state index contributed by atoms with van der Waals surface area (Å²) in [6, 6.07) is 11.7. The van der Waals surface area contributed by atoms with E-state index in [9.17, 15) is 22.8 Å². The van der Waals surface area contributed by atoms with E-state index in [0.717, 1.165) is 11.4 Å². The smallest absolute Gasteiger partial charge is 0.422 e. The van der Waals surface area contributed by atoms with Crippen LogP contribution in [0.1, 0.15) is 21.7 Å². The number of para-hydroxylation sites is 1. The van der Waals surface area contributed by atoms with Crippen molar-refractivity contribution in [2.24, 2.45) is 0 Å². The number of carbonyl (C=O) groups is 2. The van der Waals surface area contributed by atoms with Gasteiger partial charge in [0.15, 0.2) is 6.61 Å². The lowest BCUT2D eigenvalue weighted by molar-refractivity contribution is -0.154. The van der Waals surface area contributed by atoms with Crippen LogP contribution in [0.15, 0.2) is 48.7 Å². The highest BCUT2D eigenvalue weighted by Crippen LogP contribution is 2.24. The summed E-state index contributed by atoms with van der Waals surface area (Å²) in [5.74, 6) is -0.686. The Kier molecular flexibility index (Phi) is 7.65. The highest BCUT2D eigenvalue weighted by Gasteiger charge is 2.29. The first-order chi connectivity index (χ1) is 17.6. The summed E-state index contributed by atoms with van der Waals surface area (Å²) in [5, 5.41) is 7.05. The van der Waals surface area contributed by atoms with Gasteiger partial charge in [0.2, 0.25) is 11.8 Å². The van der Waals surface area contributed by atoms with Gasteiger partial charge in [-0.25, -0.2) is 4.98 Å². The Morgan fingerprint density at radius 1 is 1.05 bits per heavy atom. The topological polar surface area (TPSA) is 92.6 Å². The molecule has 1 aliphatic rings. The van der Waals surface area contributed by atoms with Gasteiger partial charge in [-0.1, -0.05) is 12.1 Å². The largest absolute Gasteiger partial charge is 0.468 e. The number of aryl methyl sites for hydroxylation is 2. The number of nitrogens with zero attached hydrogens (tertiary/aromatic N) is 5. The van der Waals surface area contributed by atoms with Gasteiger partial charge < -0.3 is 19.9 Å². The van der Waals surface area contributed by atoms with E-state index in [4.69, 9.17) is 0 Å². The molecule has 0 aliphatic carbocycles. The summed E-state index contributed by atoms with van der Waals surface area (Å²) in [4.78, 5) is 33.4. The monoisotopic (exact) mass is 516 g/mol. The first-order valence-electron chi connectivity index (χ1n) is 11.7. The van der Waals surface area contributed by atoms with Crippen molar-refractivity contribution in [2.45, 2.75) is 26.6 Å². The summed E-state index contributed by atoms with van der Waals surface area (Å²) in [6.07, 6.45) is -3.23. The van der Waals surface area contributed by atoms with Crippen LogP contribution in [0.2, 0.25) is 0 Å². The molecule has 1 N–H and O–H groups in total. The molecule has 0 saturated carbocycles. The maximum atomic E-state index is 13.1. The molecular formula is C25H27F3N6O3. The van der Waals surface area contributed by atoms with Gasteiger partial charge in [-0.3, -0.25) is 14.3 Å². The molecule has 4 rings (SSSR count). The molecule has 2 aromatic heterocycles. The third-order valence-corrected chi connectivity index (χ3v) is 5.89. The van der Waals surface area contributed by atoms with Crippen LogP contribution in [0, 0.1) is 13.8 Å². The second-order valence-corrected chi connectivity index (χ2v) is 8.71. The highest BCUT2D eigenvalue weighted by molar-refractivity contribution is 6.08. The molecule has 1 aromatic carbocycles. The molecule has 0 spiro atoms. The molecule has 1 fully saturated rings. The van der Waals surface area contributed by atoms with E-state index in [2.05, 4.69) is 20.1 Å². The lowest BCUT2D eigenvalue weighted by Gasteiger charge is -2.37. The number of hydrogen-bond donors (Lipinski definition) is 1. The van der Waals surface area contributed by atoms with Gasteiger partial charge in [0, 0.05) is 55.5 Å². The third-order valence-electron chi connectivity index (χ3n) is 5.89. The van der Waals surface area contributed by atoms with E-state index in [-0.39, 0.29) is 24.0 Å². The zero-order valence-corrected chi connectivity index (χ0v) is 20.5. The van der Waals surface area contributed by atoms with Crippen molar-refractivity contribution in [3.05, 3.63) is 65.6 Å². The molecule has 2 amide bonds. The fourth-order valence-corrected chi connectivity index (χ4v) is 4.12. The number of rotatable bonds is 7. The van der Waals surface area contributed by atoms with Gasteiger partial charge >= 0.3 is 6.18 Å². The molecule has 3 aromatic rings. The maximum absolute atomic E-state index is 13.1. The van der Waals surface area contributed by atoms with Crippen molar-refractivity contribution in [1.29, 1.82) is 0 Å². The summed E-state index contributed by atoms with van der Waals surface area (Å²) in [7, 11) is 0. The number of halogens is 3. The number of anilines is 2. The summed E-state index contributed by atoms with van der Waals surface area (Å²) in [5.41, 5.74) is 3.15. The predicted octanol–water partition coefficient (Wildman–Crippen LogP) is 3.44. The molecular weight excluding hydrogens is 489 g/mol. The second-order valence-electron chi connectivity index (χ2n) is 8.71. The predicted molar refractivity (Wildman–Crippen MR) is 131 cm³/mol. The average molecular weight is 517 g/mol. The number of aromatic nitrogens is 3. The Hall–Kier alpha value is -4.09. The number of pyridine rings is 1. The molecule has 1 saturated heterocycles. The number of benzene rings is 1. The van der Waals surface area contributed by atoms with Gasteiger partial charge in [0.1, 0.15) is 6.54 Å². The molecule has 0 bridgehead atoms. The van der Waals surface area contributed by atoms with Crippen LogP contribution < -0.4 is 15.0 Å². The Balaban J connectivity index is 1.38. The number of hydrogen-bond acceptors (Lipinski definition) is 6. The van der Waals surface area contributed by atoms with Crippen molar-refractivity contribution >= 4 is 23.2 Å². The summed E-state index contributed by atoms with van der Waals surface area (Å²) >= 11 is 0. The van der Waals surface area contributed by atoms with Crippen LogP contribution in [0.5, 0.6) is 5.88 Å². The average Bonchev–Trinajstić information content (AvgIpc) is 3.18. The molecule has 37 heavy (non-hydrogen) atoms. The van der Waals surface area contributed by atoms with E-state index in [1.807, 2.05) is 36.9 Å². The Morgan fingerprint density at radius 2 is 1.78 bits per heavy atom. The molecule has 0 radical (unpaired) electrons. The Bertz CT molecular complexity index is 1270. The van der Waals surface area contributed by atoms with Crippen molar-refractivity contribution in [2.75, 3.05) is 43.0 Å². The zero-order valence-electron chi connectivity index (χ0n) is 20.5. The molecule has 196 valence electrons. The molecule has 1 aliphatic heterocycles. The minimum Gasteiger partial charge on any atom is -0.468 e. The fraction of sp³-hybridized carbons (Fsp3) is 0.360. The minimum atomic E-state index is -4.49. The number of piperazine rings is 1. The van der Waals surface area contributed by atoms with Crippen molar-refractivity contribution < 1.29 is 27.5 Å². The first kappa shape index (κ1) is 26.0. The van der Waals surface area contributed by atoms with E-state index in [1.165, 1.54) is 18.3 Å². The summed E-state index contributed by atoms with van der Waals surface area (Å²) in [6.45, 7) is 4.58. The Labute approximate surface area is 211 Å². The lowest BCUT2D eigenvalue weighted by Crippen LogP contribution is -2.50. The zero-order chi connectivity index (χ0) is 26.6. The highest BCUT2D eigenvalue weighted by atomic mass is 19.4. The molecule has 9 nitrogen and oxygen atoms in total. The van der Waals surface area contributed by atoms with E-state index < -0.39 is 18.7 Å². The molecule has 0 atom stereocenters. The molecule has 3 heterocycles. The normalized spacial score (nSPS) is 14.0. The van der Waals surface area contributed by atoms with Gasteiger partial charge in [-0.2, -0.15) is 18.3 Å². The van der Waals surface area contributed by atoms with Gasteiger partial charge in [0.05, 0.1) is 11.3 Å². The first-order valence-corrected chi connectivity index (χ1v) is 11.7. The van der Waals surface area contributed by atoms with Crippen LogP contribution in [0.25, 0.3) is 0 Å². The van der Waals surface area contributed by atoms with Gasteiger partial charge in [-0.15, -0.1) is 0 Å². The maximum Gasteiger partial charge on any atom is 0.422 e. The number of nitrogens with one attached hydrogen (secondary N) is 1. The summed E-state index contributed by atoms with van der Waals surface area (Å²) < 4.78 is 43.6. The van der Waals surface area contributed by atoms with Gasteiger partial charge in [0.25, 0.3) is 5.91 Å². The standard InChI is InChI=1S/C25H27F3N6O3/c1-17-13-18(2)34(31-17)15-23(35)33-11-9-32(10-12-33)21-6-4-3-5-20(21)24(36)30-19-7-8-29-22(14-19)37-16-25(26,27)28/h3-8,13-14H,9-12,15-16H2,1-2H3,(H,29,30,36). The Morgan fingerprint density at radius 3 is 2.46 bits per heavy atom.